The first-order valence-corrected chi connectivity index (χ1v) is 5.85. The van der Waals surface area contributed by atoms with Gasteiger partial charge in [0.1, 0.15) is 0 Å². The second kappa shape index (κ2) is 2.86. The van der Waals surface area contributed by atoms with Gasteiger partial charge in [-0.2, -0.15) is 5.16 Å². The van der Waals surface area contributed by atoms with Gasteiger partial charge in [-0.1, -0.05) is 0 Å². The molecule has 1 aromatic heterocycles. The van der Waals surface area contributed by atoms with E-state index in [1.54, 1.807) is 0 Å². The molecule has 0 spiro atoms. The molecule has 0 aliphatic carbocycles. The topological polar surface area (TPSA) is 80.1 Å². The van der Waals surface area contributed by atoms with E-state index in [4.69, 9.17) is 15.2 Å². The van der Waals surface area contributed by atoms with Crippen molar-refractivity contribution in [3.8, 4) is 0 Å². The lowest BCUT2D eigenvalue weighted by atomic mass is 10.3. The zero-order chi connectivity index (χ0) is 10.3. The molecule has 0 bridgehead atoms. The number of aromatic nitrogens is 1. The number of fused-ring (bicyclic) bond motifs is 1. The Morgan fingerprint density at radius 2 is 2.07 bits per heavy atom. The quantitative estimate of drug-likeness (QED) is 0.747. The molecule has 7 heteroatoms. The third-order valence-corrected chi connectivity index (χ3v) is 3.08. The monoisotopic (exact) mass is 233 g/mol. The number of rotatable bonds is 1. The van der Waals surface area contributed by atoms with Gasteiger partial charge in [0.2, 0.25) is 0 Å². The summed E-state index contributed by atoms with van der Waals surface area (Å²) < 4.78 is 26.6. The van der Waals surface area contributed by atoms with Crippen LogP contribution in [-0.4, -0.2) is 13.6 Å². The van der Waals surface area contributed by atoms with Crippen molar-refractivity contribution >= 4 is 30.7 Å². The first-order valence-electron chi connectivity index (χ1n) is 3.54. The highest BCUT2D eigenvalue weighted by Crippen LogP contribution is 2.19. The summed E-state index contributed by atoms with van der Waals surface area (Å²) in [4.78, 5) is 10.9. The third kappa shape index (κ3) is 1.42. The van der Waals surface area contributed by atoms with Crippen molar-refractivity contribution in [3.63, 3.8) is 0 Å². The van der Waals surface area contributed by atoms with Crippen molar-refractivity contribution in [1.82, 2.24) is 5.16 Å². The average Bonchev–Trinajstić information content (AvgIpc) is 2.46. The average molecular weight is 234 g/mol. The van der Waals surface area contributed by atoms with E-state index >= 15 is 0 Å². The third-order valence-electron chi connectivity index (χ3n) is 1.73. The van der Waals surface area contributed by atoms with Gasteiger partial charge >= 0.3 is 0 Å². The van der Waals surface area contributed by atoms with Crippen molar-refractivity contribution < 1.29 is 12.9 Å². The highest BCUT2D eigenvalue weighted by molar-refractivity contribution is 8.13. The Balaban J connectivity index is 2.86. The summed E-state index contributed by atoms with van der Waals surface area (Å²) in [5, 5.41) is 2.25. The minimum absolute atomic E-state index is 0.126. The SMILES string of the molecule is O=c1[nH]oc2ccc(S(=O)(=O)Cl)cc12. The van der Waals surface area contributed by atoms with Crippen LogP contribution in [0.3, 0.4) is 0 Å². The molecule has 0 atom stereocenters. The van der Waals surface area contributed by atoms with Crippen molar-refractivity contribution in [1.29, 1.82) is 0 Å². The predicted octanol–water partition coefficient (Wildman–Crippen LogP) is 1.05. The summed E-state index contributed by atoms with van der Waals surface area (Å²) in [6, 6.07) is 3.80. The fourth-order valence-corrected chi connectivity index (χ4v) is 1.86. The van der Waals surface area contributed by atoms with Gasteiger partial charge in [0.25, 0.3) is 14.6 Å². The lowest BCUT2D eigenvalue weighted by molar-refractivity contribution is 0.449. The van der Waals surface area contributed by atoms with E-state index in [0.29, 0.717) is 5.58 Å². The van der Waals surface area contributed by atoms with E-state index in [9.17, 15) is 13.2 Å². The maximum Gasteiger partial charge on any atom is 0.287 e. The fraction of sp³-hybridized carbons (Fsp3) is 0. The summed E-state index contributed by atoms with van der Waals surface area (Å²) in [5.41, 5.74) is -0.193. The van der Waals surface area contributed by atoms with Crippen LogP contribution in [0.1, 0.15) is 0 Å². The van der Waals surface area contributed by atoms with Gasteiger partial charge in [0.15, 0.2) is 5.58 Å². The molecule has 0 unspecified atom stereocenters. The molecule has 0 radical (unpaired) electrons. The molecule has 0 amide bonds. The lowest BCUT2D eigenvalue weighted by Crippen LogP contribution is -1.98. The molecule has 1 N–H and O–H groups in total. The molecule has 1 aromatic carbocycles. The number of hydrogen-bond donors (Lipinski definition) is 1. The van der Waals surface area contributed by atoms with Crippen LogP contribution in [0, 0.1) is 0 Å². The van der Waals surface area contributed by atoms with E-state index in [2.05, 4.69) is 5.16 Å². The van der Waals surface area contributed by atoms with Crippen LogP contribution in [0.4, 0.5) is 0 Å². The number of benzene rings is 1. The molecular formula is C7H4ClNO4S. The molecule has 74 valence electrons. The summed E-state index contributed by atoms with van der Waals surface area (Å²) in [5.74, 6) is 0. The van der Waals surface area contributed by atoms with E-state index in [1.807, 2.05) is 0 Å². The molecule has 14 heavy (non-hydrogen) atoms. The normalized spacial score (nSPS) is 12.1. The fourth-order valence-electron chi connectivity index (χ4n) is 1.08. The first-order chi connectivity index (χ1) is 6.48. The van der Waals surface area contributed by atoms with Gasteiger partial charge in [-0.15, -0.1) is 0 Å². The zero-order valence-electron chi connectivity index (χ0n) is 6.65. The molecule has 5 nitrogen and oxygen atoms in total. The molecule has 0 saturated heterocycles. The van der Waals surface area contributed by atoms with Gasteiger partial charge in [0.05, 0.1) is 10.3 Å². The van der Waals surface area contributed by atoms with Crippen molar-refractivity contribution in [2.45, 2.75) is 4.90 Å². The molecule has 2 aromatic rings. The molecule has 0 aliphatic heterocycles. The summed E-state index contributed by atoms with van der Waals surface area (Å²) in [6.45, 7) is 0. The number of nitrogens with one attached hydrogen (secondary N) is 1. The molecule has 2 rings (SSSR count). The minimum atomic E-state index is -3.81. The maximum atomic E-state index is 11.1. The second-order valence-corrected chi connectivity index (χ2v) is 5.20. The largest absolute Gasteiger partial charge is 0.378 e. The predicted molar refractivity (Wildman–Crippen MR) is 49.9 cm³/mol. The van der Waals surface area contributed by atoms with Gasteiger partial charge in [-0.3, -0.25) is 4.79 Å². The number of halogens is 1. The van der Waals surface area contributed by atoms with Crippen LogP contribution in [0.25, 0.3) is 11.0 Å². The number of hydrogen-bond acceptors (Lipinski definition) is 4. The number of H-pyrrole nitrogens is 1. The molecule has 1 heterocycles. The van der Waals surface area contributed by atoms with Crippen LogP contribution in [-0.2, 0) is 9.05 Å². The maximum absolute atomic E-state index is 11.1. The van der Waals surface area contributed by atoms with Crippen LogP contribution < -0.4 is 5.56 Å². The van der Waals surface area contributed by atoms with E-state index < -0.39 is 14.6 Å². The standard InChI is InChI=1S/C7H4ClNO4S/c8-14(11,12)4-1-2-6-5(3-4)7(10)9-13-6/h1-3H,(H,9,10). The Hall–Kier alpha value is -1.27. The summed E-state index contributed by atoms with van der Waals surface area (Å²) in [7, 11) is 1.30. The van der Waals surface area contributed by atoms with Crippen molar-refractivity contribution in [2.75, 3.05) is 0 Å². The van der Waals surface area contributed by atoms with Crippen LogP contribution in [0.5, 0.6) is 0 Å². The van der Waals surface area contributed by atoms with E-state index in [0.717, 1.165) is 0 Å². The van der Waals surface area contributed by atoms with Gasteiger partial charge < -0.3 is 4.52 Å². The molecule has 0 saturated carbocycles. The van der Waals surface area contributed by atoms with Crippen molar-refractivity contribution in [2.24, 2.45) is 0 Å². The van der Waals surface area contributed by atoms with E-state index in [1.165, 1.54) is 18.2 Å². The highest BCUT2D eigenvalue weighted by atomic mass is 35.7. The van der Waals surface area contributed by atoms with Gasteiger partial charge in [-0.05, 0) is 18.2 Å². The molecular weight excluding hydrogens is 230 g/mol. The summed E-state index contributed by atoms with van der Waals surface area (Å²) >= 11 is 0. The van der Waals surface area contributed by atoms with Crippen LogP contribution in [0.15, 0.2) is 32.4 Å². The molecule has 0 aliphatic rings. The second-order valence-electron chi connectivity index (χ2n) is 2.63. The molecule has 0 fully saturated rings. The van der Waals surface area contributed by atoms with Gasteiger partial charge in [-0.25, -0.2) is 8.42 Å². The first kappa shape index (κ1) is 9.29. The Morgan fingerprint density at radius 1 is 1.36 bits per heavy atom. The lowest BCUT2D eigenvalue weighted by Gasteiger charge is -1.93. The highest BCUT2D eigenvalue weighted by Gasteiger charge is 2.12. The zero-order valence-corrected chi connectivity index (χ0v) is 8.22. The number of aromatic amines is 1. The smallest absolute Gasteiger partial charge is 0.287 e. The summed E-state index contributed by atoms with van der Waals surface area (Å²) in [6.07, 6.45) is 0. The van der Waals surface area contributed by atoms with Crippen LogP contribution in [0.2, 0.25) is 0 Å². The minimum Gasteiger partial charge on any atom is -0.378 e. The van der Waals surface area contributed by atoms with Gasteiger partial charge in [0, 0.05) is 10.7 Å². The van der Waals surface area contributed by atoms with E-state index in [-0.39, 0.29) is 10.3 Å². The Labute approximate surface area is 82.7 Å². The Morgan fingerprint density at radius 3 is 2.71 bits per heavy atom. The van der Waals surface area contributed by atoms with Crippen molar-refractivity contribution in [3.05, 3.63) is 28.6 Å². The van der Waals surface area contributed by atoms with Crippen LogP contribution >= 0.6 is 10.7 Å². The Bertz CT molecular complexity index is 639. The Kier molecular flexibility index (Phi) is 1.90.